The minimum atomic E-state index is -0.0999. The highest BCUT2D eigenvalue weighted by Crippen LogP contribution is 2.28. The first-order valence-electron chi connectivity index (χ1n) is 5.80. The molecule has 94 valence electrons. The molecule has 0 aliphatic heterocycles. The first-order valence-corrected chi connectivity index (χ1v) is 7.41. The molecule has 18 heavy (non-hydrogen) atoms. The molecule has 0 bridgehead atoms. The smallest absolute Gasteiger partial charge is 0.251 e. The van der Waals surface area contributed by atoms with E-state index in [1.807, 2.05) is 12.1 Å². The van der Waals surface area contributed by atoms with Gasteiger partial charge in [-0.1, -0.05) is 0 Å². The number of hydrogen-bond donors (Lipinski definition) is 2. The van der Waals surface area contributed by atoms with Gasteiger partial charge in [-0.25, -0.2) is 4.98 Å². The van der Waals surface area contributed by atoms with Crippen LogP contribution >= 0.6 is 27.3 Å². The molecule has 0 atom stereocenters. The standard InChI is InChI=1S/C12H12BrN3OS/c13-10-4-3-9(18-10)12-15-8(5-11(17)16-12)6-14-7-1-2-7/h3-5,7,14H,1-2,6H2,(H,15,16,17). The Morgan fingerprint density at radius 3 is 3.00 bits per heavy atom. The number of aromatic amines is 1. The number of rotatable bonds is 4. The second-order valence-corrected chi connectivity index (χ2v) is 6.81. The molecule has 0 amide bonds. The Balaban J connectivity index is 1.87. The van der Waals surface area contributed by atoms with Crippen LogP contribution < -0.4 is 10.9 Å². The van der Waals surface area contributed by atoms with Crippen LogP contribution in [-0.4, -0.2) is 16.0 Å². The van der Waals surface area contributed by atoms with Crippen molar-refractivity contribution in [3.63, 3.8) is 0 Å². The van der Waals surface area contributed by atoms with Crippen LogP contribution in [0.15, 0.2) is 26.8 Å². The highest BCUT2D eigenvalue weighted by molar-refractivity contribution is 9.11. The number of thiophene rings is 1. The fourth-order valence-corrected chi connectivity index (χ4v) is 3.02. The molecule has 2 heterocycles. The van der Waals surface area contributed by atoms with Gasteiger partial charge in [0.2, 0.25) is 0 Å². The summed E-state index contributed by atoms with van der Waals surface area (Å²) in [6.45, 7) is 0.661. The topological polar surface area (TPSA) is 57.8 Å². The predicted octanol–water partition coefficient (Wildman–Crippen LogP) is 2.51. The lowest BCUT2D eigenvalue weighted by Crippen LogP contribution is -2.19. The van der Waals surface area contributed by atoms with Crippen molar-refractivity contribution >= 4 is 27.3 Å². The maximum Gasteiger partial charge on any atom is 0.251 e. The van der Waals surface area contributed by atoms with Crippen molar-refractivity contribution < 1.29 is 0 Å². The second-order valence-electron chi connectivity index (χ2n) is 4.34. The van der Waals surface area contributed by atoms with E-state index in [1.165, 1.54) is 12.8 Å². The average Bonchev–Trinajstić information content (AvgIpc) is 3.07. The highest BCUT2D eigenvalue weighted by Gasteiger charge is 2.20. The molecule has 1 saturated carbocycles. The lowest BCUT2D eigenvalue weighted by Gasteiger charge is -2.03. The lowest BCUT2D eigenvalue weighted by molar-refractivity contribution is 0.672. The van der Waals surface area contributed by atoms with Crippen LogP contribution in [0.4, 0.5) is 0 Å². The van der Waals surface area contributed by atoms with E-state index in [-0.39, 0.29) is 5.56 Å². The number of aromatic nitrogens is 2. The molecule has 1 aliphatic carbocycles. The Labute approximate surface area is 117 Å². The van der Waals surface area contributed by atoms with Crippen LogP contribution in [0.2, 0.25) is 0 Å². The minimum Gasteiger partial charge on any atom is -0.308 e. The minimum absolute atomic E-state index is 0.0999. The third kappa shape index (κ3) is 2.88. The molecule has 2 aromatic rings. The summed E-state index contributed by atoms with van der Waals surface area (Å²) < 4.78 is 1.03. The monoisotopic (exact) mass is 325 g/mol. The van der Waals surface area contributed by atoms with Gasteiger partial charge in [0.25, 0.3) is 5.56 Å². The summed E-state index contributed by atoms with van der Waals surface area (Å²) in [5, 5.41) is 3.36. The Bertz CT molecular complexity index is 618. The van der Waals surface area contributed by atoms with E-state index in [0.29, 0.717) is 18.4 Å². The molecule has 1 fully saturated rings. The van der Waals surface area contributed by atoms with Crippen LogP contribution in [0.3, 0.4) is 0 Å². The molecule has 4 nitrogen and oxygen atoms in total. The van der Waals surface area contributed by atoms with Gasteiger partial charge in [0.05, 0.1) is 14.4 Å². The summed E-state index contributed by atoms with van der Waals surface area (Å²) in [6.07, 6.45) is 2.46. The normalized spacial score (nSPS) is 14.9. The van der Waals surface area contributed by atoms with Gasteiger partial charge < -0.3 is 10.3 Å². The molecule has 2 N–H and O–H groups in total. The molecule has 0 unspecified atom stereocenters. The van der Waals surface area contributed by atoms with Crippen molar-refractivity contribution in [2.45, 2.75) is 25.4 Å². The van der Waals surface area contributed by atoms with E-state index < -0.39 is 0 Å². The number of halogens is 1. The van der Waals surface area contributed by atoms with Crippen LogP contribution in [0.5, 0.6) is 0 Å². The molecule has 3 rings (SSSR count). The lowest BCUT2D eigenvalue weighted by atomic mass is 10.3. The molecule has 0 spiro atoms. The number of nitrogens with one attached hydrogen (secondary N) is 2. The zero-order chi connectivity index (χ0) is 12.5. The molecule has 1 aliphatic rings. The van der Waals surface area contributed by atoms with Crippen LogP contribution in [0.1, 0.15) is 18.5 Å². The molecule has 0 aromatic carbocycles. The summed E-state index contributed by atoms with van der Waals surface area (Å²) >= 11 is 4.97. The average molecular weight is 326 g/mol. The van der Waals surface area contributed by atoms with Gasteiger partial charge >= 0.3 is 0 Å². The van der Waals surface area contributed by atoms with Crippen molar-refractivity contribution in [1.29, 1.82) is 0 Å². The Morgan fingerprint density at radius 2 is 2.33 bits per heavy atom. The van der Waals surface area contributed by atoms with E-state index in [4.69, 9.17) is 0 Å². The van der Waals surface area contributed by atoms with Crippen LogP contribution in [-0.2, 0) is 6.54 Å². The van der Waals surface area contributed by atoms with E-state index in [0.717, 1.165) is 14.4 Å². The maximum absolute atomic E-state index is 11.6. The van der Waals surface area contributed by atoms with E-state index in [1.54, 1.807) is 17.4 Å². The molecular formula is C12H12BrN3OS. The molecule has 0 saturated heterocycles. The van der Waals surface area contributed by atoms with Gasteiger partial charge in [-0.15, -0.1) is 11.3 Å². The Morgan fingerprint density at radius 1 is 1.50 bits per heavy atom. The quantitative estimate of drug-likeness (QED) is 0.908. The third-order valence-corrected chi connectivity index (χ3v) is 4.38. The number of hydrogen-bond acceptors (Lipinski definition) is 4. The summed E-state index contributed by atoms with van der Waals surface area (Å²) in [7, 11) is 0. The summed E-state index contributed by atoms with van der Waals surface area (Å²) in [6, 6.07) is 6.08. The summed E-state index contributed by atoms with van der Waals surface area (Å²) in [5.74, 6) is 0.644. The van der Waals surface area contributed by atoms with Crippen LogP contribution in [0, 0.1) is 0 Å². The van der Waals surface area contributed by atoms with Gasteiger partial charge in [0.15, 0.2) is 5.82 Å². The molecular weight excluding hydrogens is 314 g/mol. The maximum atomic E-state index is 11.6. The fourth-order valence-electron chi connectivity index (χ4n) is 1.69. The first kappa shape index (κ1) is 12.1. The van der Waals surface area contributed by atoms with Gasteiger partial charge in [-0.05, 0) is 40.9 Å². The van der Waals surface area contributed by atoms with Crippen LogP contribution in [0.25, 0.3) is 10.7 Å². The van der Waals surface area contributed by atoms with Gasteiger partial charge in [-0.2, -0.15) is 0 Å². The predicted molar refractivity (Wildman–Crippen MR) is 75.7 cm³/mol. The summed E-state index contributed by atoms with van der Waals surface area (Å²) in [4.78, 5) is 19.9. The fraction of sp³-hybridized carbons (Fsp3) is 0.333. The number of H-pyrrole nitrogens is 1. The molecule has 2 aromatic heterocycles. The van der Waals surface area contributed by atoms with Crippen molar-refractivity contribution in [2.75, 3.05) is 0 Å². The van der Waals surface area contributed by atoms with Gasteiger partial charge in [0, 0.05) is 18.7 Å². The van der Waals surface area contributed by atoms with E-state index in [9.17, 15) is 4.79 Å². The van der Waals surface area contributed by atoms with Crippen molar-refractivity contribution in [1.82, 2.24) is 15.3 Å². The first-order chi connectivity index (χ1) is 8.70. The van der Waals surface area contributed by atoms with Gasteiger partial charge in [0.1, 0.15) is 0 Å². The zero-order valence-electron chi connectivity index (χ0n) is 9.57. The number of nitrogens with zero attached hydrogens (tertiary/aromatic N) is 1. The van der Waals surface area contributed by atoms with Crippen molar-refractivity contribution in [2.24, 2.45) is 0 Å². The zero-order valence-corrected chi connectivity index (χ0v) is 12.0. The molecule has 6 heteroatoms. The molecule has 0 radical (unpaired) electrons. The SMILES string of the molecule is O=c1cc(CNC2CC2)nc(-c2ccc(Br)s2)[nH]1. The van der Waals surface area contributed by atoms with E-state index in [2.05, 4.69) is 31.2 Å². The van der Waals surface area contributed by atoms with Crippen molar-refractivity contribution in [3.8, 4) is 10.7 Å². The van der Waals surface area contributed by atoms with Crippen molar-refractivity contribution in [3.05, 3.63) is 38.0 Å². The third-order valence-electron chi connectivity index (χ3n) is 2.75. The second kappa shape index (κ2) is 4.95. The largest absolute Gasteiger partial charge is 0.308 e. The van der Waals surface area contributed by atoms with Gasteiger partial charge in [-0.3, -0.25) is 4.79 Å². The summed E-state index contributed by atoms with van der Waals surface area (Å²) in [5.41, 5.74) is 0.697. The Kier molecular flexibility index (Phi) is 3.32. The van der Waals surface area contributed by atoms with E-state index >= 15 is 0 Å². The Hall–Kier alpha value is -0.980. The highest BCUT2D eigenvalue weighted by atomic mass is 79.9.